The Bertz CT molecular complexity index is 1250. The molecule has 0 amide bonds. The molecule has 2 bridgehead atoms. The summed E-state index contributed by atoms with van der Waals surface area (Å²) >= 11 is 0. The molecule has 3 aromatic rings. The fourth-order valence-corrected chi connectivity index (χ4v) is 7.60. The lowest BCUT2D eigenvalue weighted by atomic mass is 9.68. The van der Waals surface area contributed by atoms with Crippen molar-refractivity contribution >= 4 is 10.9 Å². The van der Waals surface area contributed by atoms with Crippen LogP contribution < -0.4 is 5.56 Å². The van der Waals surface area contributed by atoms with E-state index in [1.165, 1.54) is 24.8 Å². The summed E-state index contributed by atoms with van der Waals surface area (Å²) in [4.78, 5) is 16.5. The Hall–Kier alpha value is -2.37. The molecule has 0 radical (unpaired) electrons. The van der Waals surface area contributed by atoms with Crippen LogP contribution in [0.25, 0.3) is 22.2 Å². The zero-order valence-corrected chi connectivity index (χ0v) is 20.8. The molecule has 1 aliphatic heterocycles. The summed E-state index contributed by atoms with van der Waals surface area (Å²) in [7, 11) is 0. The Morgan fingerprint density at radius 3 is 2.50 bits per heavy atom. The third kappa shape index (κ3) is 3.39. The Kier molecular flexibility index (Phi) is 5.27. The first-order chi connectivity index (χ1) is 16.4. The average Bonchev–Trinajstić information content (AvgIpc) is 3.47. The van der Waals surface area contributed by atoms with Crippen LogP contribution in [0.5, 0.6) is 0 Å². The standard InChI is InChI=1S/C29H37N3O2/c1-28(2)22-9-11-29(3,20-22)27(28)32-12-10-24-23(26(32)33)19-25(21-7-5-4-6-8-21)31(24)14-13-30-15-17-34-18-16-30/h4-8,10,12,19,22,27H,9,11,13-18,20H2,1-3H3. The fraction of sp³-hybridized carbons (Fsp3) is 0.552. The lowest BCUT2D eigenvalue weighted by Gasteiger charge is -2.43. The molecule has 1 saturated heterocycles. The Balaban J connectivity index is 1.45. The maximum absolute atomic E-state index is 14.0. The molecule has 3 heterocycles. The van der Waals surface area contributed by atoms with Gasteiger partial charge in [-0.3, -0.25) is 9.69 Å². The molecule has 3 atom stereocenters. The van der Waals surface area contributed by atoms with Gasteiger partial charge in [0.05, 0.1) is 24.1 Å². The molecule has 3 aliphatic rings. The van der Waals surface area contributed by atoms with Gasteiger partial charge in [-0.15, -0.1) is 0 Å². The van der Waals surface area contributed by atoms with E-state index in [1.807, 2.05) is 0 Å². The molecule has 3 fully saturated rings. The van der Waals surface area contributed by atoms with Crippen molar-refractivity contribution in [3.05, 3.63) is 59.0 Å². The van der Waals surface area contributed by atoms with Crippen LogP contribution in [0.2, 0.25) is 0 Å². The van der Waals surface area contributed by atoms with E-state index in [0.29, 0.717) is 5.92 Å². The number of pyridine rings is 1. The monoisotopic (exact) mass is 459 g/mol. The molecule has 0 N–H and O–H groups in total. The van der Waals surface area contributed by atoms with Gasteiger partial charge in [0.15, 0.2) is 0 Å². The second-order valence-corrected chi connectivity index (χ2v) is 11.6. The van der Waals surface area contributed by atoms with E-state index in [4.69, 9.17) is 4.74 Å². The van der Waals surface area contributed by atoms with Crippen LogP contribution in [0.4, 0.5) is 0 Å². The van der Waals surface area contributed by atoms with E-state index >= 15 is 0 Å². The van der Waals surface area contributed by atoms with Crippen LogP contribution in [0.15, 0.2) is 53.5 Å². The van der Waals surface area contributed by atoms with Gasteiger partial charge in [0.25, 0.3) is 5.56 Å². The maximum atomic E-state index is 14.0. The molecule has 5 nitrogen and oxygen atoms in total. The number of benzene rings is 1. The maximum Gasteiger partial charge on any atom is 0.260 e. The van der Waals surface area contributed by atoms with E-state index in [9.17, 15) is 4.79 Å². The highest BCUT2D eigenvalue weighted by Gasteiger charge is 2.60. The van der Waals surface area contributed by atoms with Crippen molar-refractivity contribution in [3.8, 4) is 11.3 Å². The quantitative estimate of drug-likeness (QED) is 0.527. The van der Waals surface area contributed by atoms with E-state index < -0.39 is 0 Å². The van der Waals surface area contributed by atoms with Crippen LogP contribution in [-0.2, 0) is 11.3 Å². The third-order valence-corrected chi connectivity index (χ3v) is 9.28. The zero-order chi connectivity index (χ0) is 23.5. The number of morpholine rings is 1. The first kappa shape index (κ1) is 22.1. The Labute approximate surface area is 202 Å². The van der Waals surface area contributed by atoms with Crippen molar-refractivity contribution < 1.29 is 4.74 Å². The van der Waals surface area contributed by atoms with Crippen LogP contribution in [-0.4, -0.2) is 46.9 Å². The largest absolute Gasteiger partial charge is 0.379 e. The summed E-state index contributed by atoms with van der Waals surface area (Å²) in [5.74, 6) is 0.711. The second kappa shape index (κ2) is 8.10. The summed E-state index contributed by atoms with van der Waals surface area (Å²) in [6.07, 6.45) is 5.87. The minimum absolute atomic E-state index is 0.145. The van der Waals surface area contributed by atoms with Crippen molar-refractivity contribution in [3.63, 3.8) is 0 Å². The smallest absolute Gasteiger partial charge is 0.260 e. The van der Waals surface area contributed by atoms with Gasteiger partial charge in [-0.2, -0.15) is 0 Å². The van der Waals surface area contributed by atoms with Crippen LogP contribution in [0, 0.1) is 16.7 Å². The minimum Gasteiger partial charge on any atom is -0.379 e. The molecule has 0 spiro atoms. The number of hydrogen-bond donors (Lipinski definition) is 0. The van der Waals surface area contributed by atoms with E-state index in [2.05, 4.69) is 83.5 Å². The summed E-state index contributed by atoms with van der Waals surface area (Å²) in [5.41, 5.74) is 3.89. The molecule has 180 valence electrons. The number of aromatic nitrogens is 2. The van der Waals surface area contributed by atoms with Crippen molar-refractivity contribution in [2.75, 3.05) is 32.8 Å². The van der Waals surface area contributed by atoms with Gasteiger partial charge in [0, 0.05) is 44.1 Å². The summed E-state index contributed by atoms with van der Waals surface area (Å²) in [6.45, 7) is 12.6. The highest BCUT2D eigenvalue weighted by Crippen LogP contribution is 2.67. The van der Waals surface area contributed by atoms with Gasteiger partial charge < -0.3 is 13.9 Å². The Morgan fingerprint density at radius 2 is 1.79 bits per heavy atom. The van der Waals surface area contributed by atoms with Gasteiger partial charge >= 0.3 is 0 Å². The molecule has 2 saturated carbocycles. The summed E-state index contributed by atoms with van der Waals surface area (Å²) in [6, 6.07) is 15.1. The molecular formula is C29H37N3O2. The lowest BCUT2D eigenvalue weighted by Crippen LogP contribution is -2.41. The number of ether oxygens (including phenoxy) is 1. The SMILES string of the molecule is CC12CCC(C1)C(C)(C)C2n1ccc2c(cc(-c3ccccc3)n2CCN2CCOCC2)c1=O. The van der Waals surface area contributed by atoms with Gasteiger partial charge in [0.2, 0.25) is 0 Å². The van der Waals surface area contributed by atoms with E-state index in [1.54, 1.807) is 0 Å². The van der Waals surface area contributed by atoms with Crippen molar-refractivity contribution in [1.82, 2.24) is 14.0 Å². The number of rotatable bonds is 5. The molecule has 1 aromatic carbocycles. The van der Waals surface area contributed by atoms with Gasteiger partial charge in [-0.25, -0.2) is 0 Å². The molecule has 6 rings (SSSR count). The predicted octanol–water partition coefficient (Wildman–Crippen LogP) is 5.19. The fourth-order valence-electron chi connectivity index (χ4n) is 7.60. The normalized spacial score (nSPS) is 28.7. The first-order valence-electron chi connectivity index (χ1n) is 13.0. The molecule has 2 aliphatic carbocycles. The summed E-state index contributed by atoms with van der Waals surface area (Å²) in [5, 5.41) is 0.852. The van der Waals surface area contributed by atoms with Crippen molar-refractivity contribution in [2.45, 2.75) is 52.6 Å². The zero-order valence-electron chi connectivity index (χ0n) is 20.8. The van der Waals surface area contributed by atoms with Gasteiger partial charge in [0.1, 0.15) is 0 Å². The molecule has 2 aromatic heterocycles. The summed E-state index contributed by atoms with van der Waals surface area (Å²) < 4.78 is 9.99. The molecule has 5 heteroatoms. The minimum atomic E-state index is 0.145. The van der Waals surface area contributed by atoms with Gasteiger partial charge in [-0.05, 0) is 53.7 Å². The van der Waals surface area contributed by atoms with Gasteiger partial charge in [-0.1, -0.05) is 51.1 Å². The van der Waals surface area contributed by atoms with Crippen molar-refractivity contribution in [1.29, 1.82) is 0 Å². The van der Waals surface area contributed by atoms with Crippen LogP contribution in [0.3, 0.4) is 0 Å². The molecule has 3 unspecified atom stereocenters. The lowest BCUT2D eigenvalue weighted by molar-refractivity contribution is 0.0366. The second-order valence-electron chi connectivity index (χ2n) is 11.6. The number of nitrogens with zero attached hydrogens (tertiary/aromatic N) is 3. The van der Waals surface area contributed by atoms with Crippen LogP contribution >= 0.6 is 0 Å². The number of hydrogen-bond acceptors (Lipinski definition) is 3. The van der Waals surface area contributed by atoms with E-state index in [-0.39, 0.29) is 22.4 Å². The van der Waals surface area contributed by atoms with Crippen LogP contribution in [0.1, 0.15) is 46.1 Å². The highest BCUT2D eigenvalue weighted by molar-refractivity contribution is 5.86. The number of fused-ring (bicyclic) bond motifs is 3. The predicted molar refractivity (Wildman–Crippen MR) is 137 cm³/mol. The topological polar surface area (TPSA) is 39.4 Å². The molecular weight excluding hydrogens is 422 g/mol. The van der Waals surface area contributed by atoms with Crippen molar-refractivity contribution in [2.24, 2.45) is 16.7 Å². The van der Waals surface area contributed by atoms with E-state index in [0.717, 1.165) is 56.0 Å². The average molecular weight is 460 g/mol. The third-order valence-electron chi connectivity index (χ3n) is 9.28. The molecule has 34 heavy (non-hydrogen) atoms. The first-order valence-corrected chi connectivity index (χ1v) is 13.0. The highest BCUT2D eigenvalue weighted by atomic mass is 16.5. The Morgan fingerprint density at radius 1 is 1.03 bits per heavy atom.